The zero-order valence-electron chi connectivity index (χ0n) is 19.1. The number of thiazole rings is 1. The van der Waals surface area contributed by atoms with Crippen molar-refractivity contribution in [3.63, 3.8) is 0 Å². The van der Waals surface area contributed by atoms with Crippen molar-refractivity contribution in [1.82, 2.24) is 14.8 Å². The molecule has 0 fully saturated rings. The van der Waals surface area contributed by atoms with Crippen LogP contribution in [0.5, 0.6) is 11.5 Å². The molecule has 170 valence electrons. The molecule has 0 radical (unpaired) electrons. The van der Waals surface area contributed by atoms with Crippen molar-refractivity contribution in [2.45, 2.75) is 40.0 Å². The zero-order valence-corrected chi connectivity index (χ0v) is 20.0. The lowest BCUT2D eigenvalue weighted by molar-refractivity contribution is -0.116. The van der Waals surface area contributed by atoms with E-state index in [1.54, 1.807) is 16.0 Å². The van der Waals surface area contributed by atoms with E-state index < -0.39 is 0 Å². The Hall–Kier alpha value is -3.39. The zero-order chi connectivity index (χ0) is 23.1. The van der Waals surface area contributed by atoms with Gasteiger partial charge in [-0.3, -0.25) is 4.79 Å². The van der Waals surface area contributed by atoms with Gasteiger partial charge in [0.1, 0.15) is 5.82 Å². The molecule has 1 N–H and O–H groups in total. The lowest BCUT2D eigenvalue weighted by Gasteiger charge is -2.25. The summed E-state index contributed by atoms with van der Waals surface area (Å²) in [4.78, 5) is 17.5. The Labute approximate surface area is 196 Å². The minimum atomic E-state index is -0.131. The number of carbonyl (C=O) groups is 1. The number of hydrogen-bond acceptors (Lipinski definition) is 6. The molecule has 2 aromatic heterocycles. The van der Waals surface area contributed by atoms with Crippen LogP contribution < -0.4 is 14.8 Å². The van der Waals surface area contributed by atoms with Gasteiger partial charge in [0.15, 0.2) is 11.5 Å². The molecule has 2 aromatic carbocycles. The van der Waals surface area contributed by atoms with Crippen LogP contribution in [0.1, 0.15) is 48.6 Å². The Bertz CT molecular complexity index is 1360. The standard InChI is InChI=1S/C25H26N4O3S/c1-5-31-19-10-8-16(12-20(19)32-6-2)17-13-22(30)27-24-23(17)15(4)28-29(24)25-26-18-9-7-14(3)11-21(18)33-25/h7-12,17H,5-6,13H2,1-4H3,(H,27,30)/t17-/m0/s1. The molecule has 0 saturated carbocycles. The smallest absolute Gasteiger partial charge is 0.226 e. The van der Waals surface area contributed by atoms with E-state index in [1.807, 2.05) is 45.0 Å². The molecular weight excluding hydrogens is 436 g/mol. The van der Waals surface area contributed by atoms with E-state index in [1.165, 1.54) is 5.56 Å². The minimum Gasteiger partial charge on any atom is -0.490 e. The van der Waals surface area contributed by atoms with Gasteiger partial charge in [0.05, 0.1) is 29.1 Å². The van der Waals surface area contributed by atoms with Gasteiger partial charge in [0.25, 0.3) is 0 Å². The number of rotatable bonds is 6. The number of fused-ring (bicyclic) bond motifs is 2. The molecule has 1 aliphatic rings. The molecule has 0 unspecified atom stereocenters. The fraction of sp³-hybridized carbons (Fsp3) is 0.320. The van der Waals surface area contributed by atoms with E-state index in [2.05, 4.69) is 24.4 Å². The normalized spacial score (nSPS) is 15.4. The minimum absolute atomic E-state index is 0.0440. The largest absolute Gasteiger partial charge is 0.490 e. The number of hydrogen-bond donors (Lipinski definition) is 1. The van der Waals surface area contributed by atoms with E-state index in [9.17, 15) is 4.79 Å². The Balaban J connectivity index is 1.61. The van der Waals surface area contributed by atoms with Crippen molar-refractivity contribution in [3.8, 4) is 16.6 Å². The summed E-state index contributed by atoms with van der Waals surface area (Å²) >= 11 is 1.57. The van der Waals surface area contributed by atoms with Gasteiger partial charge in [0.2, 0.25) is 11.0 Å². The number of benzene rings is 2. The summed E-state index contributed by atoms with van der Waals surface area (Å²) in [6, 6.07) is 12.1. The third-order valence-corrected chi connectivity index (χ3v) is 6.78. The number of nitrogens with zero attached hydrogens (tertiary/aromatic N) is 3. The molecular formula is C25H26N4O3S. The first-order valence-electron chi connectivity index (χ1n) is 11.1. The molecule has 33 heavy (non-hydrogen) atoms. The van der Waals surface area contributed by atoms with E-state index in [4.69, 9.17) is 19.6 Å². The number of ether oxygens (including phenoxy) is 2. The molecule has 1 amide bonds. The predicted octanol–water partition coefficient (Wildman–Crippen LogP) is 5.37. The second kappa shape index (κ2) is 8.51. The average Bonchev–Trinajstić information content (AvgIpc) is 3.35. The number of aromatic nitrogens is 3. The molecule has 1 atom stereocenters. The van der Waals surface area contributed by atoms with Crippen molar-refractivity contribution in [2.24, 2.45) is 0 Å². The highest BCUT2D eigenvalue weighted by Gasteiger charge is 2.33. The molecule has 0 saturated heterocycles. The summed E-state index contributed by atoms with van der Waals surface area (Å²) in [6.07, 6.45) is 0.345. The van der Waals surface area contributed by atoms with Crippen LogP contribution in [-0.4, -0.2) is 33.9 Å². The van der Waals surface area contributed by atoms with Crippen LogP contribution >= 0.6 is 11.3 Å². The fourth-order valence-electron chi connectivity index (χ4n) is 4.36. The quantitative estimate of drug-likeness (QED) is 0.417. The van der Waals surface area contributed by atoms with Gasteiger partial charge in [-0.15, -0.1) is 0 Å². The molecule has 4 aromatic rings. The molecule has 1 aliphatic heterocycles. The highest BCUT2D eigenvalue weighted by molar-refractivity contribution is 7.20. The number of anilines is 1. The molecule has 0 aliphatic carbocycles. The Morgan fingerprint density at radius 2 is 1.88 bits per heavy atom. The maximum Gasteiger partial charge on any atom is 0.226 e. The van der Waals surface area contributed by atoms with E-state index in [0.717, 1.165) is 32.2 Å². The van der Waals surface area contributed by atoms with Crippen LogP contribution in [0.3, 0.4) is 0 Å². The average molecular weight is 463 g/mol. The van der Waals surface area contributed by atoms with E-state index in [0.29, 0.717) is 37.0 Å². The summed E-state index contributed by atoms with van der Waals surface area (Å²) in [5.41, 5.74) is 4.99. The van der Waals surface area contributed by atoms with Crippen LogP contribution in [0.4, 0.5) is 5.82 Å². The molecule has 5 rings (SSSR count). The third-order valence-electron chi connectivity index (χ3n) is 5.79. The third kappa shape index (κ3) is 3.84. The number of amides is 1. The van der Waals surface area contributed by atoms with Crippen LogP contribution in [0.2, 0.25) is 0 Å². The van der Waals surface area contributed by atoms with Crippen molar-refractivity contribution in [3.05, 3.63) is 58.8 Å². The molecule has 0 bridgehead atoms. The van der Waals surface area contributed by atoms with Crippen LogP contribution in [0, 0.1) is 13.8 Å². The number of carbonyl (C=O) groups excluding carboxylic acids is 1. The van der Waals surface area contributed by atoms with Crippen LogP contribution in [0.25, 0.3) is 15.3 Å². The molecule has 7 nitrogen and oxygen atoms in total. The van der Waals surface area contributed by atoms with Gasteiger partial charge in [-0.25, -0.2) is 4.98 Å². The van der Waals surface area contributed by atoms with Gasteiger partial charge >= 0.3 is 0 Å². The maximum absolute atomic E-state index is 12.8. The second-order valence-corrected chi connectivity index (χ2v) is 9.11. The van der Waals surface area contributed by atoms with Gasteiger partial charge < -0.3 is 14.8 Å². The molecule has 3 heterocycles. The van der Waals surface area contributed by atoms with E-state index >= 15 is 0 Å². The SMILES string of the molecule is CCOc1ccc([C@@H]2CC(=O)Nc3c2c(C)nn3-c2nc3ccc(C)cc3s2)cc1OCC. The van der Waals surface area contributed by atoms with Crippen molar-refractivity contribution in [1.29, 1.82) is 0 Å². The van der Waals surface area contributed by atoms with Crippen molar-refractivity contribution < 1.29 is 14.3 Å². The fourth-order valence-corrected chi connectivity index (χ4v) is 5.39. The maximum atomic E-state index is 12.8. The lowest BCUT2D eigenvalue weighted by Crippen LogP contribution is -2.25. The summed E-state index contributed by atoms with van der Waals surface area (Å²) in [7, 11) is 0. The number of nitrogens with one attached hydrogen (secondary N) is 1. The van der Waals surface area contributed by atoms with Gasteiger partial charge in [-0.1, -0.05) is 23.5 Å². The Morgan fingerprint density at radius 1 is 1.09 bits per heavy atom. The van der Waals surface area contributed by atoms with Crippen LogP contribution in [-0.2, 0) is 4.79 Å². The first kappa shape index (κ1) is 21.5. The highest BCUT2D eigenvalue weighted by Crippen LogP contribution is 2.43. The Kier molecular flexibility index (Phi) is 5.54. The predicted molar refractivity (Wildman–Crippen MR) is 130 cm³/mol. The topological polar surface area (TPSA) is 78.3 Å². The van der Waals surface area contributed by atoms with Gasteiger partial charge in [-0.05, 0) is 63.1 Å². The first-order valence-corrected chi connectivity index (χ1v) is 12.0. The van der Waals surface area contributed by atoms with Crippen molar-refractivity contribution >= 4 is 33.3 Å². The van der Waals surface area contributed by atoms with Crippen LogP contribution in [0.15, 0.2) is 36.4 Å². The van der Waals surface area contributed by atoms with Gasteiger partial charge in [-0.2, -0.15) is 9.78 Å². The number of aryl methyl sites for hydroxylation is 2. The highest BCUT2D eigenvalue weighted by atomic mass is 32.1. The van der Waals surface area contributed by atoms with Gasteiger partial charge in [0, 0.05) is 17.9 Å². The summed E-state index contributed by atoms with van der Waals surface area (Å²) in [5, 5.41) is 8.58. The monoisotopic (exact) mass is 462 g/mol. The second-order valence-electron chi connectivity index (χ2n) is 8.10. The lowest BCUT2D eigenvalue weighted by atomic mass is 9.85. The van der Waals surface area contributed by atoms with E-state index in [-0.39, 0.29) is 11.8 Å². The first-order chi connectivity index (χ1) is 16.0. The summed E-state index contributed by atoms with van der Waals surface area (Å²) < 4.78 is 14.4. The molecule has 8 heteroatoms. The molecule has 0 spiro atoms. The van der Waals surface area contributed by atoms with Crippen molar-refractivity contribution in [2.75, 3.05) is 18.5 Å². The summed E-state index contributed by atoms with van der Waals surface area (Å²) in [5.74, 6) is 1.92. The summed E-state index contributed by atoms with van der Waals surface area (Å²) in [6.45, 7) is 9.04. The Morgan fingerprint density at radius 3 is 2.67 bits per heavy atom.